The molecule has 1 aromatic rings. The van der Waals surface area contributed by atoms with Crippen LogP contribution in [0.5, 0.6) is 0 Å². The van der Waals surface area contributed by atoms with Crippen LogP contribution in [-0.4, -0.2) is 44.1 Å². The van der Waals surface area contributed by atoms with Gasteiger partial charge in [-0.25, -0.2) is 0 Å². The molecule has 6 heteroatoms. The Labute approximate surface area is 125 Å². The molecule has 21 heavy (non-hydrogen) atoms. The van der Waals surface area contributed by atoms with Crippen LogP contribution in [0.2, 0.25) is 0 Å². The molecule has 1 atom stereocenters. The molecule has 1 unspecified atom stereocenters. The smallest absolute Gasteiger partial charge is 0.248 e. The minimum absolute atomic E-state index is 0.0337. The van der Waals surface area contributed by atoms with Crippen molar-refractivity contribution in [1.29, 1.82) is 0 Å². The van der Waals surface area contributed by atoms with E-state index in [1.807, 2.05) is 27.0 Å². The standard InChI is InChI=1S/C15H24N4O2/c1-6-15(4)12(20)17-14(2,3)13(21)19(15)10-8-11-7-9-16-18(11)5/h7,9H,6,8,10H2,1-5H3,(H,17,20). The van der Waals surface area contributed by atoms with Crippen molar-refractivity contribution in [3.05, 3.63) is 18.0 Å². The number of nitrogens with zero attached hydrogens (tertiary/aromatic N) is 3. The second kappa shape index (κ2) is 5.16. The Hall–Kier alpha value is -1.85. The highest BCUT2D eigenvalue weighted by Gasteiger charge is 2.51. The minimum atomic E-state index is -0.849. The molecule has 1 fully saturated rings. The van der Waals surface area contributed by atoms with Gasteiger partial charge in [0, 0.05) is 31.9 Å². The van der Waals surface area contributed by atoms with Crippen LogP contribution < -0.4 is 5.32 Å². The summed E-state index contributed by atoms with van der Waals surface area (Å²) in [4.78, 5) is 26.8. The van der Waals surface area contributed by atoms with Crippen molar-refractivity contribution in [2.45, 2.75) is 51.6 Å². The largest absolute Gasteiger partial charge is 0.340 e. The van der Waals surface area contributed by atoms with Crippen molar-refractivity contribution in [1.82, 2.24) is 20.0 Å². The summed E-state index contributed by atoms with van der Waals surface area (Å²) in [6.45, 7) is 7.78. The first-order valence-corrected chi connectivity index (χ1v) is 7.34. The molecule has 0 spiro atoms. The third-order valence-corrected chi connectivity index (χ3v) is 4.49. The highest BCUT2D eigenvalue weighted by Crippen LogP contribution is 2.29. The number of aryl methyl sites for hydroxylation is 1. The minimum Gasteiger partial charge on any atom is -0.340 e. The van der Waals surface area contributed by atoms with Gasteiger partial charge in [-0.15, -0.1) is 0 Å². The van der Waals surface area contributed by atoms with E-state index in [4.69, 9.17) is 0 Å². The molecule has 0 aliphatic carbocycles. The monoisotopic (exact) mass is 292 g/mol. The van der Waals surface area contributed by atoms with Crippen LogP contribution >= 0.6 is 0 Å². The molecule has 1 aliphatic rings. The summed E-state index contributed by atoms with van der Waals surface area (Å²) in [5.74, 6) is -0.117. The van der Waals surface area contributed by atoms with Gasteiger partial charge in [0.15, 0.2) is 0 Å². The topological polar surface area (TPSA) is 67.2 Å². The number of carbonyl (C=O) groups excluding carboxylic acids is 2. The number of piperazine rings is 1. The van der Waals surface area contributed by atoms with E-state index in [0.29, 0.717) is 19.4 Å². The molecule has 0 radical (unpaired) electrons. The maximum atomic E-state index is 12.7. The van der Waals surface area contributed by atoms with Gasteiger partial charge in [0.05, 0.1) is 0 Å². The van der Waals surface area contributed by atoms with Crippen molar-refractivity contribution in [2.75, 3.05) is 6.54 Å². The molecule has 6 nitrogen and oxygen atoms in total. The summed E-state index contributed by atoms with van der Waals surface area (Å²) in [7, 11) is 1.88. The van der Waals surface area contributed by atoms with Gasteiger partial charge in [-0.2, -0.15) is 5.10 Å². The van der Waals surface area contributed by atoms with Crippen molar-refractivity contribution >= 4 is 11.8 Å². The summed E-state index contributed by atoms with van der Waals surface area (Å²) in [5, 5.41) is 6.97. The second-order valence-electron chi connectivity index (χ2n) is 6.36. The number of nitrogens with one attached hydrogen (secondary N) is 1. The zero-order valence-corrected chi connectivity index (χ0v) is 13.4. The van der Waals surface area contributed by atoms with Crippen LogP contribution in [0, 0.1) is 0 Å². The maximum Gasteiger partial charge on any atom is 0.248 e. The fourth-order valence-electron chi connectivity index (χ4n) is 2.73. The van der Waals surface area contributed by atoms with Gasteiger partial charge < -0.3 is 10.2 Å². The summed E-state index contributed by atoms with van der Waals surface area (Å²) < 4.78 is 1.79. The zero-order valence-electron chi connectivity index (χ0n) is 13.4. The first-order valence-electron chi connectivity index (χ1n) is 7.34. The number of carbonyl (C=O) groups is 2. The summed E-state index contributed by atoms with van der Waals surface area (Å²) in [5.41, 5.74) is -0.589. The van der Waals surface area contributed by atoms with Crippen LogP contribution in [0.4, 0.5) is 0 Å². The van der Waals surface area contributed by atoms with E-state index in [1.54, 1.807) is 29.6 Å². The van der Waals surface area contributed by atoms with Gasteiger partial charge in [-0.05, 0) is 33.3 Å². The lowest BCUT2D eigenvalue weighted by atomic mass is 9.86. The van der Waals surface area contributed by atoms with Gasteiger partial charge in [-0.1, -0.05) is 6.92 Å². The van der Waals surface area contributed by atoms with Crippen molar-refractivity contribution < 1.29 is 9.59 Å². The van der Waals surface area contributed by atoms with Crippen molar-refractivity contribution in [3.8, 4) is 0 Å². The quantitative estimate of drug-likeness (QED) is 0.895. The van der Waals surface area contributed by atoms with Crippen LogP contribution in [0.25, 0.3) is 0 Å². The molecule has 0 aromatic carbocycles. The lowest BCUT2D eigenvalue weighted by Crippen LogP contribution is -2.73. The molecule has 1 aromatic heterocycles. The predicted molar refractivity (Wildman–Crippen MR) is 79.5 cm³/mol. The first-order chi connectivity index (χ1) is 9.72. The molecule has 1 saturated heterocycles. The number of rotatable bonds is 4. The van der Waals surface area contributed by atoms with E-state index in [-0.39, 0.29) is 11.8 Å². The molecule has 2 heterocycles. The van der Waals surface area contributed by atoms with E-state index < -0.39 is 11.1 Å². The highest BCUT2D eigenvalue weighted by molar-refractivity contribution is 6.01. The van der Waals surface area contributed by atoms with Gasteiger partial charge in [0.25, 0.3) is 0 Å². The number of hydrogen-bond acceptors (Lipinski definition) is 3. The van der Waals surface area contributed by atoms with E-state index >= 15 is 0 Å². The van der Waals surface area contributed by atoms with Crippen molar-refractivity contribution in [2.24, 2.45) is 7.05 Å². The third-order valence-electron chi connectivity index (χ3n) is 4.49. The number of aromatic nitrogens is 2. The van der Waals surface area contributed by atoms with Crippen molar-refractivity contribution in [3.63, 3.8) is 0 Å². The summed E-state index contributed by atoms with van der Waals surface area (Å²) in [6, 6.07) is 1.93. The Balaban J connectivity index is 2.25. The van der Waals surface area contributed by atoms with Crippen LogP contribution in [0.1, 0.15) is 39.8 Å². The lowest BCUT2D eigenvalue weighted by molar-refractivity contribution is -0.160. The van der Waals surface area contributed by atoms with E-state index in [0.717, 1.165) is 5.69 Å². The van der Waals surface area contributed by atoms with Gasteiger partial charge in [0.2, 0.25) is 11.8 Å². The van der Waals surface area contributed by atoms with E-state index in [1.165, 1.54) is 0 Å². The average Bonchev–Trinajstić information content (AvgIpc) is 2.82. The third kappa shape index (κ3) is 2.54. The summed E-state index contributed by atoms with van der Waals surface area (Å²) in [6.07, 6.45) is 3.01. The van der Waals surface area contributed by atoms with Gasteiger partial charge >= 0.3 is 0 Å². The number of amides is 2. The van der Waals surface area contributed by atoms with Gasteiger partial charge in [-0.3, -0.25) is 14.3 Å². The molecule has 2 amide bonds. The van der Waals surface area contributed by atoms with Crippen LogP contribution in [0.3, 0.4) is 0 Å². The Bertz CT molecular complexity index is 564. The molecule has 0 saturated carbocycles. The van der Waals surface area contributed by atoms with Crippen LogP contribution in [0.15, 0.2) is 12.3 Å². The fraction of sp³-hybridized carbons (Fsp3) is 0.667. The molecular weight excluding hydrogens is 268 g/mol. The fourth-order valence-corrected chi connectivity index (χ4v) is 2.73. The highest BCUT2D eigenvalue weighted by atomic mass is 16.2. The molecule has 1 N–H and O–H groups in total. The zero-order chi connectivity index (χ0) is 15.8. The molecule has 0 bridgehead atoms. The van der Waals surface area contributed by atoms with Gasteiger partial charge in [0.1, 0.15) is 11.1 Å². The molecular formula is C15H24N4O2. The normalized spacial score (nSPS) is 25.1. The molecule has 116 valence electrons. The molecule has 1 aliphatic heterocycles. The second-order valence-corrected chi connectivity index (χ2v) is 6.36. The Morgan fingerprint density at radius 1 is 1.29 bits per heavy atom. The lowest BCUT2D eigenvalue weighted by Gasteiger charge is -2.49. The Morgan fingerprint density at radius 2 is 1.95 bits per heavy atom. The van der Waals surface area contributed by atoms with E-state index in [2.05, 4.69) is 10.4 Å². The number of hydrogen-bond donors (Lipinski definition) is 1. The SMILES string of the molecule is CCC1(C)C(=O)NC(C)(C)C(=O)N1CCc1ccnn1C. The van der Waals surface area contributed by atoms with E-state index in [9.17, 15) is 9.59 Å². The maximum absolute atomic E-state index is 12.7. The average molecular weight is 292 g/mol. The first kappa shape index (κ1) is 15.5. The Morgan fingerprint density at radius 3 is 2.48 bits per heavy atom. The predicted octanol–water partition coefficient (Wildman–Crippen LogP) is 0.868. The Kier molecular flexibility index (Phi) is 3.82. The molecule has 2 rings (SSSR count). The summed E-state index contributed by atoms with van der Waals surface area (Å²) >= 11 is 0. The van der Waals surface area contributed by atoms with Crippen LogP contribution in [-0.2, 0) is 23.1 Å².